The lowest BCUT2D eigenvalue weighted by Gasteiger charge is -2.12. The molecule has 3 rings (SSSR count). The zero-order valence-electron chi connectivity index (χ0n) is 16.1. The first-order valence-electron chi connectivity index (χ1n) is 8.62. The van der Waals surface area contributed by atoms with Crippen molar-refractivity contribution in [1.82, 2.24) is 0 Å². The Balaban J connectivity index is 1.87. The van der Waals surface area contributed by atoms with Crippen molar-refractivity contribution in [3.8, 4) is 0 Å². The molecule has 1 atom stereocenters. The third-order valence-electron chi connectivity index (χ3n) is 4.21. The standard InChI is InChI=1S/C18H15N5O7S2/c1-2-31(26,27)13-7-3-11(4-8-13)20-21-16-15(17(19)24)22-23(18(16)25)12-5-9-14(10-6-12)32(28,29)30/h2-10,16H,1H2,(H2,19,24)(H,28,29,30). The molecule has 2 amide bonds. The molecule has 0 radical (unpaired) electrons. The van der Waals surface area contributed by atoms with Crippen LogP contribution in [0.15, 0.2) is 85.6 Å². The maximum Gasteiger partial charge on any atom is 0.294 e. The normalized spacial score (nSPS) is 16.9. The number of carbonyl (C=O) groups excluding carboxylic acids is 2. The SMILES string of the molecule is C=CS(=O)(=O)c1ccc(N=NC2C(=O)N(c3ccc(S(=O)(=O)O)cc3)N=C2C(N)=O)cc1. The van der Waals surface area contributed by atoms with Crippen LogP contribution in [0.5, 0.6) is 0 Å². The number of sulfone groups is 1. The molecule has 0 bridgehead atoms. The number of hydrogen-bond acceptors (Lipinski definition) is 9. The van der Waals surface area contributed by atoms with Gasteiger partial charge in [-0.2, -0.15) is 28.8 Å². The molecule has 12 nitrogen and oxygen atoms in total. The molecule has 0 aromatic heterocycles. The van der Waals surface area contributed by atoms with Gasteiger partial charge < -0.3 is 5.73 Å². The van der Waals surface area contributed by atoms with E-state index in [4.69, 9.17) is 10.3 Å². The first-order chi connectivity index (χ1) is 14.9. The summed E-state index contributed by atoms with van der Waals surface area (Å²) in [5, 5.41) is 13.1. The van der Waals surface area contributed by atoms with E-state index in [1.807, 2.05) is 0 Å². The number of anilines is 1. The average molecular weight is 477 g/mol. The number of benzene rings is 2. The highest BCUT2D eigenvalue weighted by molar-refractivity contribution is 7.94. The Morgan fingerprint density at radius 3 is 2.12 bits per heavy atom. The van der Waals surface area contributed by atoms with Crippen LogP contribution >= 0.6 is 0 Å². The van der Waals surface area contributed by atoms with Gasteiger partial charge in [-0.1, -0.05) is 6.58 Å². The first kappa shape index (κ1) is 22.9. The summed E-state index contributed by atoms with van der Waals surface area (Å²) >= 11 is 0. The van der Waals surface area contributed by atoms with Crippen molar-refractivity contribution in [2.24, 2.45) is 21.1 Å². The van der Waals surface area contributed by atoms with E-state index in [1.54, 1.807) is 0 Å². The average Bonchev–Trinajstić information content (AvgIpc) is 3.08. The minimum atomic E-state index is -4.44. The fourth-order valence-corrected chi connectivity index (χ4v) is 3.79. The molecule has 1 unspecified atom stereocenters. The molecule has 1 aliphatic rings. The molecule has 0 saturated carbocycles. The highest BCUT2D eigenvalue weighted by Gasteiger charge is 2.40. The summed E-state index contributed by atoms with van der Waals surface area (Å²) in [5.41, 5.74) is 5.18. The second-order valence-electron chi connectivity index (χ2n) is 6.29. The van der Waals surface area contributed by atoms with E-state index < -0.39 is 48.4 Å². The number of nitrogens with zero attached hydrogens (tertiary/aromatic N) is 4. The van der Waals surface area contributed by atoms with Crippen molar-refractivity contribution >= 4 is 48.9 Å². The first-order valence-corrected chi connectivity index (χ1v) is 11.6. The van der Waals surface area contributed by atoms with E-state index in [1.165, 1.54) is 36.4 Å². The monoisotopic (exact) mass is 477 g/mol. The van der Waals surface area contributed by atoms with Crippen LogP contribution in [0.25, 0.3) is 0 Å². The molecular weight excluding hydrogens is 462 g/mol. The summed E-state index contributed by atoms with van der Waals surface area (Å²) in [6.45, 7) is 3.23. The second-order valence-corrected chi connectivity index (χ2v) is 9.61. The molecule has 3 N–H and O–H groups in total. The van der Waals surface area contributed by atoms with E-state index in [-0.39, 0.29) is 16.3 Å². The van der Waals surface area contributed by atoms with Gasteiger partial charge in [-0.05, 0) is 48.5 Å². The van der Waals surface area contributed by atoms with Crippen LogP contribution in [-0.4, -0.2) is 45.0 Å². The zero-order valence-corrected chi connectivity index (χ0v) is 17.7. The molecule has 32 heavy (non-hydrogen) atoms. The predicted molar refractivity (Wildman–Crippen MR) is 113 cm³/mol. The third kappa shape index (κ3) is 4.61. The van der Waals surface area contributed by atoms with E-state index >= 15 is 0 Å². The maximum absolute atomic E-state index is 12.7. The Morgan fingerprint density at radius 2 is 1.62 bits per heavy atom. The van der Waals surface area contributed by atoms with Crippen LogP contribution < -0.4 is 10.7 Å². The van der Waals surface area contributed by atoms with Crippen LogP contribution in [0.1, 0.15) is 0 Å². The molecule has 2 aromatic carbocycles. The fourth-order valence-electron chi connectivity index (χ4n) is 2.60. The summed E-state index contributed by atoms with van der Waals surface area (Å²) < 4.78 is 54.9. The number of carbonyl (C=O) groups is 2. The molecular formula is C18H15N5O7S2. The van der Waals surface area contributed by atoms with Gasteiger partial charge in [0, 0.05) is 5.41 Å². The molecule has 0 fully saturated rings. The van der Waals surface area contributed by atoms with Crippen LogP contribution in [0.4, 0.5) is 11.4 Å². The van der Waals surface area contributed by atoms with Crippen molar-refractivity contribution in [3.05, 3.63) is 60.5 Å². The van der Waals surface area contributed by atoms with Gasteiger partial charge in [0.05, 0.1) is 21.2 Å². The summed E-state index contributed by atoms with van der Waals surface area (Å²) in [4.78, 5) is 24.1. The summed E-state index contributed by atoms with van der Waals surface area (Å²) in [5.74, 6) is -1.81. The fraction of sp³-hybridized carbons (Fsp3) is 0.0556. The van der Waals surface area contributed by atoms with Gasteiger partial charge in [0.1, 0.15) is 0 Å². The Labute approximate surface area is 182 Å². The molecule has 2 aromatic rings. The van der Waals surface area contributed by atoms with E-state index in [0.717, 1.165) is 22.5 Å². The lowest BCUT2D eigenvalue weighted by Crippen LogP contribution is -2.35. The summed E-state index contributed by atoms with van der Waals surface area (Å²) in [6.07, 6.45) is 0. The molecule has 14 heteroatoms. The van der Waals surface area contributed by atoms with Gasteiger partial charge in [-0.3, -0.25) is 14.1 Å². The van der Waals surface area contributed by atoms with Crippen molar-refractivity contribution in [2.75, 3.05) is 5.01 Å². The number of amides is 2. The van der Waals surface area contributed by atoms with Crippen LogP contribution in [0.2, 0.25) is 0 Å². The number of azo groups is 1. The Kier molecular flexibility index (Phi) is 6.03. The van der Waals surface area contributed by atoms with E-state index in [0.29, 0.717) is 0 Å². The maximum atomic E-state index is 12.7. The molecule has 1 aliphatic heterocycles. The van der Waals surface area contributed by atoms with Gasteiger partial charge in [-0.15, -0.1) is 0 Å². The van der Waals surface area contributed by atoms with Gasteiger partial charge in [0.15, 0.2) is 15.5 Å². The van der Waals surface area contributed by atoms with Crippen molar-refractivity contribution in [3.63, 3.8) is 0 Å². The quantitative estimate of drug-likeness (QED) is 0.442. The van der Waals surface area contributed by atoms with Crippen LogP contribution in [-0.2, 0) is 29.5 Å². The molecule has 0 saturated heterocycles. The molecule has 0 spiro atoms. The smallest absolute Gasteiger partial charge is 0.294 e. The van der Waals surface area contributed by atoms with Gasteiger partial charge in [0.25, 0.3) is 21.9 Å². The zero-order chi connectivity index (χ0) is 23.7. The molecule has 1 heterocycles. The Hall–Kier alpha value is -3.75. The Bertz CT molecular complexity index is 1360. The number of rotatable bonds is 7. The highest BCUT2D eigenvalue weighted by atomic mass is 32.2. The van der Waals surface area contributed by atoms with E-state index in [2.05, 4.69) is 21.9 Å². The lowest BCUT2D eigenvalue weighted by atomic mass is 10.2. The minimum absolute atomic E-state index is 0.0118. The Morgan fingerprint density at radius 1 is 1.06 bits per heavy atom. The van der Waals surface area contributed by atoms with E-state index in [9.17, 15) is 26.4 Å². The number of hydrogen-bond donors (Lipinski definition) is 2. The van der Waals surface area contributed by atoms with Crippen molar-refractivity contribution < 1.29 is 31.0 Å². The topological polar surface area (TPSA) is 189 Å². The van der Waals surface area contributed by atoms with Gasteiger partial charge >= 0.3 is 0 Å². The van der Waals surface area contributed by atoms with Crippen molar-refractivity contribution in [2.45, 2.75) is 15.8 Å². The summed E-state index contributed by atoms with van der Waals surface area (Å²) in [6, 6.07) is 8.24. The van der Waals surface area contributed by atoms with Crippen LogP contribution in [0, 0.1) is 0 Å². The molecule has 166 valence electrons. The minimum Gasteiger partial charge on any atom is -0.364 e. The lowest BCUT2D eigenvalue weighted by molar-refractivity contribution is -0.118. The predicted octanol–water partition coefficient (Wildman–Crippen LogP) is 1.19. The third-order valence-corrected chi connectivity index (χ3v) is 6.45. The van der Waals surface area contributed by atoms with Gasteiger partial charge in [-0.25, -0.2) is 8.42 Å². The summed E-state index contributed by atoms with van der Waals surface area (Å²) in [7, 11) is -8.06. The van der Waals surface area contributed by atoms with Crippen molar-refractivity contribution in [1.29, 1.82) is 0 Å². The second kappa shape index (κ2) is 8.41. The van der Waals surface area contributed by atoms with Crippen LogP contribution in [0.3, 0.4) is 0 Å². The largest absolute Gasteiger partial charge is 0.364 e. The number of nitrogens with two attached hydrogens (primary N) is 1. The number of primary amides is 1. The van der Waals surface area contributed by atoms with Gasteiger partial charge in [0.2, 0.25) is 6.04 Å². The highest BCUT2D eigenvalue weighted by Crippen LogP contribution is 2.25. The molecule has 0 aliphatic carbocycles. The number of hydrazone groups is 1.